The number of carbonyl (C=O) groups is 3. The maximum absolute atomic E-state index is 11.5. The first kappa shape index (κ1) is 25.3. The quantitative estimate of drug-likeness (QED) is 0.321. The molecule has 31 heavy (non-hydrogen) atoms. The van der Waals surface area contributed by atoms with Gasteiger partial charge in [-0.2, -0.15) is 0 Å². The Hall–Kier alpha value is -3.70. The van der Waals surface area contributed by atoms with E-state index in [4.69, 9.17) is 29.3 Å². The lowest BCUT2D eigenvalue weighted by Gasteiger charge is -2.15. The van der Waals surface area contributed by atoms with E-state index in [9.17, 15) is 9.90 Å². The average molecular weight is 436 g/mol. The van der Waals surface area contributed by atoms with Crippen molar-refractivity contribution in [2.75, 3.05) is 27.4 Å². The Morgan fingerprint density at radius 1 is 1.10 bits per heavy atom. The fourth-order valence-corrected chi connectivity index (χ4v) is 2.16. The maximum atomic E-state index is 11.5. The monoisotopic (exact) mass is 436 g/mol. The molecule has 1 unspecified atom stereocenters. The second-order valence-corrected chi connectivity index (χ2v) is 5.92. The van der Waals surface area contributed by atoms with Crippen LogP contribution in [0.15, 0.2) is 42.7 Å². The molecule has 1 aromatic carbocycles. The number of esters is 1. The molecule has 0 saturated carbocycles. The van der Waals surface area contributed by atoms with E-state index in [1.165, 1.54) is 20.3 Å². The SMILES string of the molecule is COC(=O)c1ccc(OCC(O)CNCc2cccnc2)c(OC)c1.O=C(O)C(=O)O. The van der Waals surface area contributed by atoms with E-state index in [2.05, 4.69) is 15.0 Å². The predicted octanol–water partition coefficient (Wildman–Crippen LogP) is 0.562. The topological polar surface area (TPSA) is 165 Å². The third kappa shape index (κ3) is 9.56. The van der Waals surface area contributed by atoms with Crippen LogP contribution in [0.5, 0.6) is 11.5 Å². The van der Waals surface area contributed by atoms with Gasteiger partial charge in [-0.15, -0.1) is 0 Å². The normalized spacial score (nSPS) is 10.8. The van der Waals surface area contributed by atoms with Gasteiger partial charge in [0, 0.05) is 25.5 Å². The largest absolute Gasteiger partial charge is 0.493 e. The van der Waals surface area contributed by atoms with E-state index in [1.54, 1.807) is 24.5 Å². The first-order chi connectivity index (χ1) is 14.8. The van der Waals surface area contributed by atoms with Crippen LogP contribution in [0.25, 0.3) is 0 Å². The highest BCUT2D eigenvalue weighted by Gasteiger charge is 2.13. The Morgan fingerprint density at radius 3 is 2.35 bits per heavy atom. The fourth-order valence-electron chi connectivity index (χ4n) is 2.16. The van der Waals surface area contributed by atoms with E-state index < -0.39 is 24.0 Å². The van der Waals surface area contributed by atoms with Crippen LogP contribution in [0.3, 0.4) is 0 Å². The Morgan fingerprint density at radius 2 is 1.81 bits per heavy atom. The predicted molar refractivity (Wildman–Crippen MR) is 107 cm³/mol. The van der Waals surface area contributed by atoms with Crippen molar-refractivity contribution in [2.24, 2.45) is 0 Å². The smallest absolute Gasteiger partial charge is 0.414 e. The standard InChI is InChI=1S/C18H22N2O5.C2H2O4/c1-23-17-8-14(18(22)24-2)5-6-16(17)25-12-15(21)11-20-10-13-4-3-7-19-9-13;3-1(4)2(5)6/h3-9,15,20-21H,10-12H2,1-2H3;(H,3,4)(H,5,6). The maximum Gasteiger partial charge on any atom is 0.414 e. The molecule has 0 spiro atoms. The van der Waals surface area contributed by atoms with Crippen LogP contribution in [-0.4, -0.2) is 71.7 Å². The van der Waals surface area contributed by atoms with Crippen molar-refractivity contribution in [1.29, 1.82) is 0 Å². The molecule has 0 amide bonds. The molecule has 1 aromatic heterocycles. The molecule has 11 heteroatoms. The number of nitrogens with zero attached hydrogens (tertiary/aromatic N) is 1. The third-order valence-electron chi connectivity index (χ3n) is 3.63. The number of rotatable bonds is 9. The molecule has 168 valence electrons. The van der Waals surface area contributed by atoms with Crippen LogP contribution in [-0.2, 0) is 20.9 Å². The fraction of sp³-hybridized carbons (Fsp3) is 0.300. The van der Waals surface area contributed by atoms with Gasteiger partial charge in [-0.25, -0.2) is 14.4 Å². The Bertz CT molecular complexity index is 847. The molecule has 0 saturated heterocycles. The van der Waals surface area contributed by atoms with Gasteiger partial charge in [-0.05, 0) is 29.8 Å². The highest BCUT2D eigenvalue weighted by atomic mass is 16.5. The number of methoxy groups -OCH3 is 2. The zero-order chi connectivity index (χ0) is 23.2. The highest BCUT2D eigenvalue weighted by molar-refractivity contribution is 6.27. The second kappa shape index (κ2) is 13.5. The number of hydrogen-bond acceptors (Lipinski definition) is 9. The van der Waals surface area contributed by atoms with E-state index in [0.29, 0.717) is 30.2 Å². The number of aliphatic hydroxyl groups excluding tert-OH is 1. The summed E-state index contributed by atoms with van der Waals surface area (Å²) in [6.45, 7) is 1.08. The van der Waals surface area contributed by atoms with E-state index in [-0.39, 0.29) is 6.61 Å². The van der Waals surface area contributed by atoms with Gasteiger partial charge in [0.1, 0.15) is 12.7 Å². The summed E-state index contributed by atoms with van der Waals surface area (Å²) < 4.78 is 15.5. The van der Waals surface area contributed by atoms with Gasteiger partial charge in [-0.3, -0.25) is 4.98 Å². The first-order valence-corrected chi connectivity index (χ1v) is 8.91. The highest BCUT2D eigenvalue weighted by Crippen LogP contribution is 2.28. The summed E-state index contributed by atoms with van der Waals surface area (Å²) in [5, 5.41) is 27.9. The number of hydrogen-bond donors (Lipinski definition) is 4. The summed E-state index contributed by atoms with van der Waals surface area (Å²) in [5.74, 6) is -3.26. The molecule has 0 aliphatic rings. The molecule has 2 aromatic rings. The molecule has 0 fully saturated rings. The zero-order valence-electron chi connectivity index (χ0n) is 17.0. The third-order valence-corrected chi connectivity index (χ3v) is 3.63. The number of nitrogens with one attached hydrogen (secondary N) is 1. The molecule has 1 atom stereocenters. The Kier molecular flexibility index (Phi) is 11.0. The van der Waals surface area contributed by atoms with Crippen molar-refractivity contribution in [2.45, 2.75) is 12.6 Å². The van der Waals surface area contributed by atoms with Crippen molar-refractivity contribution in [3.63, 3.8) is 0 Å². The van der Waals surface area contributed by atoms with Crippen LogP contribution in [0, 0.1) is 0 Å². The molecule has 0 radical (unpaired) electrons. The molecule has 0 aliphatic heterocycles. The Balaban J connectivity index is 0.000000703. The second-order valence-electron chi connectivity index (χ2n) is 5.92. The minimum absolute atomic E-state index is 0.0912. The van der Waals surface area contributed by atoms with E-state index in [1.807, 2.05) is 12.1 Å². The number of aliphatic carboxylic acids is 2. The lowest BCUT2D eigenvalue weighted by Crippen LogP contribution is -2.31. The van der Waals surface area contributed by atoms with Crippen molar-refractivity contribution < 1.29 is 43.9 Å². The van der Waals surface area contributed by atoms with Gasteiger partial charge in [0.25, 0.3) is 0 Å². The Labute approximate surface area is 178 Å². The summed E-state index contributed by atoms with van der Waals surface area (Å²) in [7, 11) is 2.79. The molecule has 4 N–H and O–H groups in total. The number of carboxylic acid groups (broad SMARTS) is 2. The number of ether oxygens (including phenoxy) is 3. The number of carbonyl (C=O) groups excluding carboxylic acids is 1. The number of aromatic nitrogens is 1. The summed E-state index contributed by atoms with van der Waals surface area (Å²) in [6, 6.07) is 8.54. The van der Waals surface area contributed by atoms with Crippen molar-refractivity contribution >= 4 is 17.9 Å². The zero-order valence-corrected chi connectivity index (χ0v) is 17.0. The van der Waals surface area contributed by atoms with Gasteiger partial charge in [0.15, 0.2) is 11.5 Å². The van der Waals surface area contributed by atoms with Crippen molar-refractivity contribution in [1.82, 2.24) is 10.3 Å². The van der Waals surface area contributed by atoms with Gasteiger partial charge in [0.05, 0.1) is 19.8 Å². The number of aliphatic hydroxyl groups is 1. The lowest BCUT2D eigenvalue weighted by atomic mass is 10.2. The van der Waals surface area contributed by atoms with Crippen LogP contribution in [0.4, 0.5) is 0 Å². The first-order valence-electron chi connectivity index (χ1n) is 8.91. The van der Waals surface area contributed by atoms with Gasteiger partial charge >= 0.3 is 17.9 Å². The van der Waals surface area contributed by atoms with Crippen molar-refractivity contribution in [3.8, 4) is 11.5 Å². The molecule has 0 bridgehead atoms. The van der Waals surface area contributed by atoms with Gasteiger partial charge < -0.3 is 34.8 Å². The van der Waals surface area contributed by atoms with Crippen molar-refractivity contribution in [3.05, 3.63) is 53.9 Å². The summed E-state index contributed by atoms with van der Waals surface area (Å²) in [6.07, 6.45) is 2.79. The van der Waals surface area contributed by atoms with Crippen LogP contribution < -0.4 is 14.8 Å². The molecule has 11 nitrogen and oxygen atoms in total. The summed E-state index contributed by atoms with van der Waals surface area (Å²) in [4.78, 5) is 33.8. The lowest BCUT2D eigenvalue weighted by molar-refractivity contribution is -0.159. The van der Waals surface area contributed by atoms with Crippen LogP contribution in [0.1, 0.15) is 15.9 Å². The minimum atomic E-state index is -1.82. The number of carboxylic acids is 2. The van der Waals surface area contributed by atoms with E-state index >= 15 is 0 Å². The van der Waals surface area contributed by atoms with Crippen LogP contribution >= 0.6 is 0 Å². The molecule has 1 heterocycles. The number of benzene rings is 1. The van der Waals surface area contributed by atoms with Gasteiger partial charge in [-0.1, -0.05) is 6.07 Å². The molecule has 0 aliphatic carbocycles. The minimum Gasteiger partial charge on any atom is -0.493 e. The molecule has 2 rings (SSSR count). The molecular weight excluding hydrogens is 412 g/mol. The summed E-state index contributed by atoms with van der Waals surface area (Å²) in [5.41, 5.74) is 1.40. The summed E-state index contributed by atoms with van der Waals surface area (Å²) >= 11 is 0. The van der Waals surface area contributed by atoms with Gasteiger partial charge in [0.2, 0.25) is 0 Å². The van der Waals surface area contributed by atoms with E-state index in [0.717, 1.165) is 5.56 Å². The van der Waals surface area contributed by atoms with Crippen LogP contribution in [0.2, 0.25) is 0 Å². The average Bonchev–Trinajstić information content (AvgIpc) is 2.78. The molecular formula is C20H24N2O9. The number of pyridine rings is 1.